The van der Waals surface area contributed by atoms with Gasteiger partial charge in [-0.05, 0) is 69.4 Å². The maximum absolute atomic E-state index is 14.3. The number of fused-ring (bicyclic) bond motifs is 1. The fourth-order valence-corrected chi connectivity index (χ4v) is 9.84. The van der Waals surface area contributed by atoms with Gasteiger partial charge in [0.25, 0.3) is 5.91 Å². The number of halogens is 5. The zero-order valence-electron chi connectivity index (χ0n) is 34.8. The molecule has 0 unspecified atom stereocenters. The number of quaternary nitrogens is 1. The van der Waals surface area contributed by atoms with E-state index in [9.17, 15) is 31.2 Å². The number of sulfonamides is 1. The van der Waals surface area contributed by atoms with E-state index in [1.165, 1.54) is 12.1 Å². The molecule has 21 heteroatoms. The second-order valence-electron chi connectivity index (χ2n) is 16.1. The summed E-state index contributed by atoms with van der Waals surface area (Å²) >= 11 is 13.4. The Morgan fingerprint density at radius 2 is 1.62 bits per heavy atom. The molecule has 5 rings (SSSR count). The van der Waals surface area contributed by atoms with Crippen LogP contribution < -0.4 is 26.0 Å². The molecule has 1 aliphatic heterocycles. The van der Waals surface area contributed by atoms with E-state index in [2.05, 4.69) is 14.7 Å². The van der Waals surface area contributed by atoms with Crippen LogP contribution in [0.3, 0.4) is 0 Å². The van der Waals surface area contributed by atoms with E-state index in [1.54, 1.807) is 11.0 Å². The number of aliphatic carboxylic acids is 1. The third-order valence-corrected chi connectivity index (χ3v) is 13.1. The first-order valence-corrected chi connectivity index (χ1v) is 21.9. The highest BCUT2D eigenvalue weighted by atomic mass is 35.5. The summed E-state index contributed by atoms with van der Waals surface area (Å²) in [6, 6.07) is 10.2. The topological polar surface area (TPSA) is 213 Å². The average Bonchev–Trinajstić information content (AvgIpc) is 3.63. The summed E-state index contributed by atoms with van der Waals surface area (Å²) in [7, 11) is 1.71. The lowest BCUT2D eigenvalue weighted by Gasteiger charge is -2.42. The molecule has 1 aliphatic carbocycles. The summed E-state index contributed by atoms with van der Waals surface area (Å²) in [5.41, 5.74) is 12.4. The molecule has 2 heterocycles. The Balaban J connectivity index is 0.00000107. The second-order valence-corrected chi connectivity index (χ2v) is 18.5. The smallest absolute Gasteiger partial charge is 0.430 e. The van der Waals surface area contributed by atoms with E-state index < -0.39 is 27.7 Å². The van der Waals surface area contributed by atoms with Gasteiger partial charge in [-0.25, -0.2) is 13.4 Å². The van der Waals surface area contributed by atoms with Crippen molar-refractivity contribution in [2.24, 2.45) is 16.5 Å². The van der Waals surface area contributed by atoms with Gasteiger partial charge in [-0.2, -0.15) is 17.9 Å². The molecule has 336 valence electrons. The standard InChI is InChI=1S/C38H53Cl2N8O5S.C2HF3O2/c1-25-23-26(2)44-34-27(25)11-10-13-31(34)53-24-28-29(39)14-15-32(33(28)40)54(51,52)45-38(16-7-8-17-38)36(50)47-21-19-46(20-22-47)35(49)30(48(3,4)5)12-6-9-18-43-37(41)42;3-2(4,5)1(6)7/h10-11,13-15,23,30,45H,6-9,12,16-22,24H2,1-5H3,(H4,41,42,43);(H,6,7)/q+1;/p-1/t30-;/m0./s1. The van der Waals surface area contributed by atoms with Crippen molar-refractivity contribution in [1.29, 1.82) is 0 Å². The van der Waals surface area contributed by atoms with Crippen molar-refractivity contribution < 1.29 is 50.3 Å². The normalized spacial score (nSPS) is 16.1. The number of nitrogens with two attached hydrogens (primary N) is 2. The number of carbonyl (C=O) groups excluding carboxylic acids is 3. The van der Waals surface area contributed by atoms with Gasteiger partial charge in [-0.15, -0.1) is 0 Å². The molecule has 1 saturated heterocycles. The number of ether oxygens (including phenoxy) is 1. The van der Waals surface area contributed by atoms with Crippen LogP contribution in [-0.4, -0.2) is 123 Å². The Morgan fingerprint density at radius 1 is 1.02 bits per heavy atom. The van der Waals surface area contributed by atoms with Gasteiger partial charge in [0.05, 0.1) is 26.2 Å². The largest absolute Gasteiger partial charge is 0.542 e. The lowest BCUT2D eigenvalue weighted by atomic mass is 9.96. The van der Waals surface area contributed by atoms with Crippen LogP contribution in [0, 0.1) is 13.8 Å². The first-order chi connectivity index (χ1) is 28.4. The number of alkyl halides is 3. The van der Waals surface area contributed by atoms with Crippen molar-refractivity contribution in [2.45, 2.75) is 88.1 Å². The molecule has 0 radical (unpaired) electrons. The maximum atomic E-state index is 14.3. The van der Waals surface area contributed by atoms with Crippen LogP contribution in [0.2, 0.25) is 10.0 Å². The molecule has 2 aromatic carbocycles. The van der Waals surface area contributed by atoms with Gasteiger partial charge in [0.2, 0.25) is 15.9 Å². The molecule has 15 nitrogen and oxygen atoms in total. The summed E-state index contributed by atoms with van der Waals surface area (Å²) in [6.07, 6.45) is -0.895. The number of nitrogens with zero attached hydrogens (tertiary/aromatic N) is 5. The van der Waals surface area contributed by atoms with Crippen LogP contribution in [-0.2, 0) is 31.0 Å². The molecule has 1 aromatic heterocycles. The van der Waals surface area contributed by atoms with Gasteiger partial charge in [0.15, 0.2) is 12.0 Å². The van der Waals surface area contributed by atoms with Crippen molar-refractivity contribution in [3.63, 3.8) is 0 Å². The predicted octanol–water partition coefficient (Wildman–Crippen LogP) is 3.82. The number of aromatic nitrogens is 1. The van der Waals surface area contributed by atoms with Crippen LogP contribution in [0.25, 0.3) is 10.9 Å². The van der Waals surface area contributed by atoms with Crippen molar-refractivity contribution >= 4 is 67.9 Å². The number of hydrogen-bond donors (Lipinski definition) is 3. The first kappa shape index (κ1) is 49.2. The number of rotatable bonds is 14. The number of piperazine rings is 1. The van der Waals surface area contributed by atoms with Crippen LogP contribution >= 0.6 is 23.2 Å². The number of hydrogen-bond acceptors (Lipinski definition) is 9. The molecule has 2 amide bonds. The highest BCUT2D eigenvalue weighted by Gasteiger charge is 2.48. The molecular formula is C40H53Cl2F3N8O7S. The number of aliphatic imine (C=N–C) groups is 1. The molecule has 1 saturated carbocycles. The number of benzene rings is 2. The van der Waals surface area contributed by atoms with Crippen LogP contribution in [0.5, 0.6) is 5.75 Å². The average molecular weight is 918 g/mol. The highest BCUT2D eigenvalue weighted by molar-refractivity contribution is 7.89. The molecule has 0 spiro atoms. The van der Waals surface area contributed by atoms with E-state index in [1.807, 2.05) is 58.1 Å². The lowest BCUT2D eigenvalue weighted by molar-refractivity contribution is -0.887. The summed E-state index contributed by atoms with van der Waals surface area (Å²) in [5, 5.41) is 9.90. The number of unbranched alkanes of at least 4 members (excludes halogenated alkanes) is 1. The highest BCUT2D eigenvalue weighted by Crippen LogP contribution is 2.37. The second kappa shape index (κ2) is 20.2. The fourth-order valence-electron chi connectivity index (χ4n) is 7.53. The Labute approximate surface area is 363 Å². The van der Waals surface area contributed by atoms with E-state index in [0.29, 0.717) is 86.1 Å². The summed E-state index contributed by atoms with van der Waals surface area (Å²) < 4.78 is 69.2. The molecular weight excluding hydrogens is 864 g/mol. The van der Waals surface area contributed by atoms with Crippen molar-refractivity contribution in [1.82, 2.24) is 19.5 Å². The van der Waals surface area contributed by atoms with Crippen molar-refractivity contribution in [3.8, 4) is 5.75 Å². The minimum Gasteiger partial charge on any atom is -0.542 e. The van der Waals surface area contributed by atoms with Gasteiger partial charge in [-0.3, -0.25) is 14.6 Å². The van der Waals surface area contributed by atoms with Gasteiger partial charge >= 0.3 is 6.18 Å². The number of carbonyl (C=O) groups is 3. The lowest BCUT2D eigenvalue weighted by Crippen LogP contribution is -2.63. The molecule has 1 atom stereocenters. The monoisotopic (exact) mass is 916 g/mol. The minimum atomic E-state index is -5.19. The van der Waals surface area contributed by atoms with Crippen molar-refractivity contribution in [3.05, 3.63) is 63.3 Å². The molecule has 2 aliphatic rings. The van der Waals surface area contributed by atoms with Crippen LogP contribution in [0.15, 0.2) is 46.3 Å². The molecule has 2 fully saturated rings. The predicted molar refractivity (Wildman–Crippen MR) is 224 cm³/mol. The third kappa shape index (κ3) is 12.6. The van der Waals surface area contributed by atoms with E-state index in [4.69, 9.17) is 49.3 Å². The zero-order chi connectivity index (χ0) is 45.5. The minimum absolute atomic E-state index is 0.0341. The third-order valence-electron chi connectivity index (χ3n) is 10.7. The van der Waals surface area contributed by atoms with Gasteiger partial charge < -0.3 is 40.4 Å². The summed E-state index contributed by atoms with van der Waals surface area (Å²) in [4.78, 5) is 48.8. The molecule has 0 bridgehead atoms. The summed E-state index contributed by atoms with van der Waals surface area (Å²) in [5.74, 6) is -2.69. The molecule has 61 heavy (non-hydrogen) atoms. The number of nitrogens with one attached hydrogen (secondary N) is 1. The number of carboxylic acid groups (broad SMARTS) is 1. The summed E-state index contributed by atoms with van der Waals surface area (Å²) in [6.45, 7) is 5.63. The van der Waals surface area contributed by atoms with E-state index >= 15 is 0 Å². The van der Waals surface area contributed by atoms with Crippen LogP contribution in [0.4, 0.5) is 13.2 Å². The van der Waals surface area contributed by atoms with Gasteiger partial charge in [-0.1, -0.05) is 48.2 Å². The number of amides is 2. The number of likely N-dealkylation sites (N-methyl/N-ethyl adjacent to an activating group) is 1. The Kier molecular flexibility index (Phi) is 16.3. The Bertz CT molecular complexity index is 2220. The number of guanidine groups is 1. The fraction of sp³-hybridized carbons (Fsp3) is 0.525. The van der Waals surface area contributed by atoms with E-state index in [-0.39, 0.29) is 45.4 Å². The number of aryl methyl sites for hydroxylation is 2. The molecule has 3 aromatic rings. The zero-order valence-corrected chi connectivity index (χ0v) is 37.1. The quantitative estimate of drug-likeness (QED) is 0.0921. The number of para-hydroxylation sites is 1. The maximum Gasteiger partial charge on any atom is 0.430 e. The Hall–Kier alpha value is -4.43. The van der Waals surface area contributed by atoms with E-state index in [0.717, 1.165) is 29.5 Å². The van der Waals surface area contributed by atoms with Crippen LogP contribution in [0.1, 0.15) is 61.8 Å². The number of pyridine rings is 1. The van der Waals surface area contributed by atoms with Crippen molar-refractivity contribution in [2.75, 3.05) is 53.9 Å². The Morgan fingerprint density at radius 3 is 2.20 bits per heavy atom. The van der Waals surface area contributed by atoms with Gasteiger partial charge in [0, 0.05) is 60.8 Å². The SMILES string of the molecule is Cc1cc(C)c2cccc(OCc3c(Cl)ccc(S(=O)(=O)NC4(C(=O)N5CCN(C(=O)[C@H](CCCCN=C(N)N)[N+](C)(C)C)CC5)CCCC4)c3Cl)c2n1.O=C([O-])C(F)(F)F. The first-order valence-electron chi connectivity index (χ1n) is 19.6. The molecule has 5 N–H and O–H groups in total. The number of carboxylic acids is 1. The van der Waals surface area contributed by atoms with Gasteiger partial charge in [0.1, 0.15) is 34.3 Å².